The Labute approximate surface area is 390 Å². The monoisotopic (exact) mass is 866 g/mol. The van der Waals surface area contributed by atoms with E-state index in [1.54, 1.807) is 0 Å². The van der Waals surface area contributed by atoms with Crippen molar-refractivity contribution in [2.24, 2.45) is 0 Å². The largest absolute Gasteiger partial charge is 0.311 e. The highest BCUT2D eigenvalue weighted by molar-refractivity contribution is 7.27. The van der Waals surface area contributed by atoms with Gasteiger partial charge in [0.05, 0.1) is 22.8 Å². The Morgan fingerprint density at radius 3 is 1.17 bits per heavy atom. The smallest absolute Gasteiger partial charge is 0.251 e. The van der Waals surface area contributed by atoms with Crippen LogP contribution < -0.4 is 46.9 Å². The molecule has 318 valence electrons. The van der Waals surface area contributed by atoms with Crippen LogP contribution in [0, 0.1) is 0 Å². The van der Waals surface area contributed by atoms with Crippen molar-refractivity contribution >= 4 is 86.0 Å². The molecule has 66 heavy (non-hydrogen) atoms. The molecule has 0 saturated carbocycles. The first-order valence-electron chi connectivity index (χ1n) is 23.3. The zero-order valence-corrected chi connectivity index (χ0v) is 39.4. The van der Waals surface area contributed by atoms with Gasteiger partial charge in [-0.1, -0.05) is 157 Å². The van der Waals surface area contributed by atoms with Crippen LogP contribution in [0.2, 0.25) is 0 Å². The minimum absolute atomic E-state index is 0.00607. The molecule has 0 amide bonds. The van der Waals surface area contributed by atoms with Crippen LogP contribution in [-0.4, -0.2) is 24.8 Å². The lowest BCUT2D eigenvalue weighted by atomic mass is 9.33. The standard InChI is InChI=1S/C60H51BN4Si/c1-59(2,3)40-32-34-48(44(38-40)46-24-13-15-36-62-46)64-50-26-17-27-51-56(50)61-57-52(64)28-18-30-54(57)66(42-20-9-7-10-21-42,43-22-11-8-12-23-43)55-31-19-29-53(58(55)61)65(51)49-35-33-41(60(4,5)6)39-45(49)47-25-14-16-37-63-47/h7-39H,1-6H3. The Morgan fingerprint density at radius 1 is 0.379 bits per heavy atom. The lowest BCUT2D eigenvalue weighted by Crippen LogP contribution is -2.88. The Hall–Kier alpha value is -7.28. The van der Waals surface area contributed by atoms with Gasteiger partial charge in [-0.25, -0.2) is 0 Å². The quantitative estimate of drug-likeness (QED) is 0.156. The fraction of sp³-hybridized carbons (Fsp3) is 0.133. The van der Waals surface area contributed by atoms with E-state index in [0.29, 0.717) is 0 Å². The number of pyridine rings is 2. The highest BCUT2D eigenvalue weighted by Gasteiger charge is 2.56. The minimum atomic E-state index is -3.02. The predicted octanol–water partition coefficient (Wildman–Crippen LogP) is 10.2. The molecule has 0 unspecified atom stereocenters. The van der Waals surface area contributed by atoms with E-state index in [1.165, 1.54) is 71.0 Å². The SMILES string of the molecule is CC(C)(C)c1ccc(N2c3cccc4c3B3c5c2cccc5[Si](c2ccccc2)(c2ccccc2)c2cccc(c23)N4c2ccc(C(C)(C)C)cc2-c2ccccn2)c(-c2ccccn2)c1. The van der Waals surface area contributed by atoms with Gasteiger partial charge in [0.2, 0.25) is 0 Å². The van der Waals surface area contributed by atoms with E-state index in [2.05, 4.69) is 227 Å². The molecule has 3 aliphatic heterocycles. The first-order valence-corrected chi connectivity index (χ1v) is 25.3. The molecule has 0 bridgehead atoms. The maximum Gasteiger partial charge on any atom is 0.251 e. The van der Waals surface area contributed by atoms with E-state index in [-0.39, 0.29) is 17.5 Å². The van der Waals surface area contributed by atoms with Crippen molar-refractivity contribution in [1.29, 1.82) is 0 Å². The van der Waals surface area contributed by atoms with E-state index >= 15 is 0 Å². The van der Waals surface area contributed by atoms with Gasteiger partial charge in [-0.15, -0.1) is 0 Å². The van der Waals surface area contributed by atoms with Crippen LogP contribution in [0.3, 0.4) is 0 Å². The molecule has 0 atom stereocenters. The highest BCUT2D eigenvalue weighted by Crippen LogP contribution is 2.49. The maximum atomic E-state index is 5.04. The zero-order valence-electron chi connectivity index (χ0n) is 38.4. The van der Waals surface area contributed by atoms with Gasteiger partial charge in [-0.2, -0.15) is 0 Å². The first kappa shape index (κ1) is 40.2. The Bertz CT molecular complexity index is 3120. The van der Waals surface area contributed by atoms with Crippen LogP contribution in [0.1, 0.15) is 52.7 Å². The molecule has 4 nitrogen and oxygen atoms in total. The third kappa shape index (κ3) is 5.90. The minimum Gasteiger partial charge on any atom is -0.311 e. The number of anilines is 6. The summed E-state index contributed by atoms with van der Waals surface area (Å²) < 4.78 is 0. The molecule has 0 fully saturated rings. The van der Waals surface area contributed by atoms with Gasteiger partial charge in [0.15, 0.2) is 8.07 Å². The van der Waals surface area contributed by atoms with Crippen LogP contribution in [0.5, 0.6) is 0 Å². The summed E-state index contributed by atoms with van der Waals surface area (Å²) in [6.07, 6.45) is 3.84. The fourth-order valence-corrected chi connectivity index (χ4v) is 16.7. The normalized spacial score (nSPS) is 14.2. The number of hydrogen-bond acceptors (Lipinski definition) is 4. The van der Waals surface area contributed by atoms with Crippen LogP contribution in [-0.2, 0) is 10.8 Å². The molecule has 3 aliphatic rings. The predicted molar refractivity (Wildman–Crippen MR) is 281 cm³/mol. The van der Waals surface area contributed by atoms with E-state index in [0.717, 1.165) is 33.9 Å². The molecule has 0 spiro atoms. The van der Waals surface area contributed by atoms with Crippen molar-refractivity contribution in [3.63, 3.8) is 0 Å². The number of rotatable bonds is 6. The van der Waals surface area contributed by atoms with Crippen molar-refractivity contribution in [3.8, 4) is 22.5 Å². The van der Waals surface area contributed by atoms with E-state index < -0.39 is 8.07 Å². The summed E-state index contributed by atoms with van der Waals surface area (Å²) >= 11 is 0. The van der Waals surface area contributed by atoms with Gasteiger partial charge in [0.25, 0.3) is 6.71 Å². The number of hydrogen-bond donors (Lipinski definition) is 0. The third-order valence-corrected chi connectivity index (χ3v) is 19.3. The molecule has 9 aromatic rings. The van der Waals surface area contributed by atoms with Crippen LogP contribution in [0.4, 0.5) is 34.1 Å². The maximum absolute atomic E-state index is 5.04. The van der Waals surface area contributed by atoms with Gasteiger partial charge in [0, 0.05) is 46.3 Å². The summed E-state index contributed by atoms with van der Waals surface area (Å²) in [7, 11) is -3.02. The number of benzene rings is 7. The lowest BCUT2D eigenvalue weighted by Gasteiger charge is -2.51. The van der Waals surface area contributed by atoms with Gasteiger partial charge in [-0.05, 0) is 132 Å². The second-order valence-corrected chi connectivity index (χ2v) is 23.9. The molecular formula is C60H51BN4Si. The van der Waals surface area contributed by atoms with E-state index in [1.807, 2.05) is 24.5 Å². The third-order valence-electron chi connectivity index (χ3n) is 14.4. The van der Waals surface area contributed by atoms with Crippen LogP contribution in [0.15, 0.2) is 200 Å². The highest BCUT2D eigenvalue weighted by atomic mass is 28.3. The summed E-state index contributed by atoms with van der Waals surface area (Å²) in [6.45, 7) is 13.8. The molecule has 0 saturated heterocycles. The summed E-state index contributed by atoms with van der Waals surface area (Å²) in [5.41, 5.74) is 17.8. The van der Waals surface area contributed by atoms with Crippen molar-refractivity contribution in [1.82, 2.24) is 9.97 Å². The molecule has 2 aromatic heterocycles. The molecule has 0 N–H and O–H groups in total. The fourth-order valence-electron chi connectivity index (χ4n) is 11.4. The average molecular weight is 867 g/mol. The molecular weight excluding hydrogens is 816 g/mol. The summed E-state index contributed by atoms with van der Waals surface area (Å²) in [5.74, 6) is 0. The average Bonchev–Trinajstić information content (AvgIpc) is 3.34. The Kier molecular flexibility index (Phi) is 9.07. The molecule has 0 aliphatic carbocycles. The van der Waals surface area contributed by atoms with Gasteiger partial charge in [0.1, 0.15) is 0 Å². The van der Waals surface area contributed by atoms with Crippen LogP contribution in [0.25, 0.3) is 22.5 Å². The van der Waals surface area contributed by atoms with E-state index in [4.69, 9.17) is 9.97 Å². The number of aromatic nitrogens is 2. The van der Waals surface area contributed by atoms with Crippen molar-refractivity contribution in [2.75, 3.05) is 9.80 Å². The first-order chi connectivity index (χ1) is 32.0. The van der Waals surface area contributed by atoms with Gasteiger partial charge in [-0.3, -0.25) is 9.97 Å². The lowest BCUT2D eigenvalue weighted by molar-refractivity contribution is 0.590. The molecule has 5 heterocycles. The Balaban J connectivity index is 1.25. The molecule has 0 radical (unpaired) electrons. The van der Waals surface area contributed by atoms with Crippen molar-refractivity contribution < 1.29 is 0 Å². The van der Waals surface area contributed by atoms with E-state index in [9.17, 15) is 0 Å². The van der Waals surface area contributed by atoms with Gasteiger partial charge < -0.3 is 9.80 Å². The van der Waals surface area contributed by atoms with Crippen molar-refractivity contribution in [2.45, 2.75) is 52.4 Å². The number of nitrogens with zero attached hydrogens (tertiary/aromatic N) is 4. The molecule has 6 heteroatoms. The topological polar surface area (TPSA) is 32.3 Å². The molecule has 7 aromatic carbocycles. The summed E-state index contributed by atoms with van der Waals surface area (Å²) in [6, 6.07) is 70.9. The Morgan fingerprint density at radius 2 is 0.773 bits per heavy atom. The van der Waals surface area contributed by atoms with Crippen molar-refractivity contribution in [3.05, 3.63) is 212 Å². The second kappa shape index (κ2) is 14.9. The summed E-state index contributed by atoms with van der Waals surface area (Å²) in [5, 5.41) is 5.65. The second-order valence-electron chi connectivity index (χ2n) is 20.2. The van der Waals surface area contributed by atoms with Crippen LogP contribution >= 0.6 is 0 Å². The summed E-state index contributed by atoms with van der Waals surface area (Å²) in [4.78, 5) is 15.2. The molecule has 12 rings (SSSR count). The van der Waals surface area contributed by atoms with Gasteiger partial charge >= 0.3 is 0 Å². The zero-order chi connectivity index (χ0) is 45.0.